The molecule has 0 atom stereocenters. The Labute approximate surface area is 116 Å². The lowest BCUT2D eigenvalue weighted by atomic mass is 10.2. The molecule has 5 nitrogen and oxygen atoms in total. The maximum absolute atomic E-state index is 11.0. The van der Waals surface area contributed by atoms with Crippen molar-refractivity contribution in [1.29, 1.82) is 0 Å². The van der Waals surface area contributed by atoms with Crippen LogP contribution in [0.25, 0.3) is 11.4 Å². The molecule has 0 unspecified atom stereocenters. The summed E-state index contributed by atoms with van der Waals surface area (Å²) >= 11 is 4.68. The molecule has 18 heavy (non-hydrogen) atoms. The van der Waals surface area contributed by atoms with Gasteiger partial charge < -0.3 is 4.74 Å². The van der Waals surface area contributed by atoms with Crippen LogP contribution in [-0.4, -0.2) is 34.0 Å². The summed E-state index contributed by atoms with van der Waals surface area (Å²) in [5, 5.41) is 7.40. The molecule has 0 fully saturated rings. The van der Waals surface area contributed by atoms with E-state index in [0.717, 1.165) is 10.0 Å². The van der Waals surface area contributed by atoms with Gasteiger partial charge >= 0.3 is 5.97 Å². The zero-order chi connectivity index (χ0) is 13.0. The van der Waals surface area contributed by atoms with Gasteiger partial charge in [0.1, 0.15) is 0 Å². The largest absolute Gasteiger partial charge is 0.468 e. The first-order chi connectivity index (χ1) is 8.70. The Morgan fingerprint density at radius 2 is 2.28 bits per heavy atom. The predicted octanol–water partition coefficient (Wildman–Crippen LogP) is 2.50. The van der Waals surface area contributed by atoms with Gasteiger partial charge in [-0.3, -0.25) is 9.89 Å². The van der Waals surface area contributed by atoms with Gasteiger partial charge in [-0.25, -0.2) is 4.98 Å². The van der Waals surface area contributed by atoms with Gasteiger partial charge in [0, 0.05) is 10.0 Å². The first-order valence-electron chi connectivity index (χ1n) is 5.07. The van der Waals surface area contributed by atoms with Crippen LogP contribution in [0.4, 0.5) is 0 Å². The number of hydrogen-bond acceptors (Lipinski definition) is 5. The number of ether oxygens (including phenoxy) is 1. The smallest absolute Gasteiger partial charge is 0.316 e. The van der Waals surface area contributed by atoms with Crippen LogP contribution in [-0.2, 0) is 9.53 Å². The molecule has 0 aliphatic carbocycles. The van der Waals surface area contributed by atoms with Crippen LogP contribution >= 0.6 is 27.7 Å². The monoisotopic (exact) mass is 327 g/mol. The highest BCUT2D eigenvalue weighted by molar-refractivity contribution is 9.10. The molecule has 0 saturated heterocycles. The van der Waals surface area contributed by atoms with Crippen LogP contribution in [0.15, 0.2) is 33.9 Å². The number of hydrogen-bond donors (Lipinski definition) is 1. The molecule has 1 N–H and O–H groups in total. The summed E-state index contributed by atoms with van der Waals surface area (Å²) in [4.78, 5) is 15.3. The van der Waals surface area contributed by atoms with Crippen molar-refractivity contribution in [2.24, 2.45) is 0 Å². The molecule has 1 heterocycles. The molecule has 0 aliphatic heterocycles. The number of rotatable bonds is 4. The molecule has 0 spiro atoms. The third-order valence-corrected chi connectivity index (χ3v) is 3.65. The zero-order valence-corrected chi connectivity index (χ0v) is 11.9. The second-order valence-electron chi connectivity index (χ2n) is 3.31. The lowest BCUT2D eigenvalue weighted by Gasteiger charge is -1.98. The van der Waals surface area contributed by atoms with Crippen molar-refractivity contribution in [2.75, 3.05) is 12.9 Å². The zero-order valence-electron chi connectivity index (χ0n) is 9.51. The van der Waals surface area contributed by atoms with Gasteiger partial charge in [0.05, 0.1) is 12.9 Å². The normalized spacial score (nSPS) is 10.3. The highest BCUT2D eigenvalue weighted by Crippen LogP contribution is 2.26. The Morgan fingerprint density at radius 3 is 3.00 bits per heavy atom. The third-order valence-electron chi connectivity index (χ3n) is 2.14. The quantitative estimate of drug-likeness (QED) is 0.690. The molecule has 0 amide bonds. The molecule has 0 aliphatic rings. The van der Waals surface area contributed by atoms with E-state index in [1.807, 2.05) is 24.3 Å². The molecule has 0 radical (unpaired) electrons. The van der Waals surface area contributed by atoms with E-state index in [4.69, 9.17) is 0 Å². The Morgan fingerprint density at radius 1 is 1.50 bits per heavy atom. The van der Waals surface area contributed by atoms with Crippen molar-refractivity contribution >= 4 is 33.7 Å². The van der Waals surface area contributed by atoms with E-state index >= 15 is 0 Å². The minimum atomic E-state index is -0.299. The second kappa shape index (κ2) is 6.01. The third kappa shape index (κ3) is 3.11. The number of halogens is 1. The van der Waals surface area contributed by atoms with Gasteiger partial charge in [0.15, 0.2) is 5.82 Å². The lowest BCUT2D eigenvalue weighted by molar-refractivity contribution is -0.137. The maximum Gasteiger partial charge on any atom is 0.316 e. The molecule has 1 aromatic carbocycles. The number of esters is 1. The fourth-order valence-electron chi connectivity index (χ4n) is 1.27. The average molecular weight is 328 g/mol. The van der Waals surface area contributed by atoms with Gasteiger partial charge in [0.2, 0.25) is 5.16 Å². The van der Waals surface area contributed by atoms with Crippen molar-refractivity contribution in [3.8, 4) is 11.4 Å². The number of carbonyl (C=O) groups is 1. The summed E-state index contributed by atoms with van der Waals surface area (Å²) in [6.07, 6.45) is 0. The summed E-state index contributed by atoms with van der Waals surface area (Å²) in [5.74, 6) is 0.561. The number of nitrogens with one attached hydrogen (secondary N) is 1. The van der Waals surface area contributed by atoms with Crippen molar-refractivity contribution < 1.29 is 9.53 Å². The number of nitrogens with zero attached hydrogens (tertiary/aromatic N) is 2. The molecular formula is C11H10BrN3O2S. The Bertz CT molecular complexity index is 559. The lowest BCUT2D eigenvalue weighted by Crippen LogP contribution is -2.03. The van der Waals surface area contributed by atoms with Crippen LogP contribution in [0.2, 0.25) is 0 Å². The number of aromatic nitrogens is 3. The molecule has 1 aromatic heterocycles. The number of aromatic amines is 1. The minimum absolute atomic E-state index is 0.198. The van der Waals surface area contributed by atoms with Gasteiger partial charge in [-0.15, -0.1) is 5.10 Å². The molecule has 2 rings (SSSR count). The van der Waals surface area contributed by atoms with Crippen molar-refractivity contribution in [1.82, 2.24) is 15.2 Å². The van der Waals surface area contributed by atoms with Gasteiger partial charge in [-0.2, -0.15) is 0 Å². The van der Waals surface area contributed by atoms with Crippen LogP contribution in [0, 0.1) is 0 Å². The molecule has 0 bridgehead atoms. The fraction of sp³-hybridized carbons (Fsp3) is 0.182. The molecular weight excluding hydrogens is 318 g/mol. The van der Waals surface area contributed by atoms with Crippen LogP contribution in [0.1, 0.15) is 0 Å². The summed E-state index contributed by atoms with van der Waals surface area (Å²) in [5.41, 5.74) is 0.926. The van der Waals surface area contributed by atoms with E-state index in [9.17, 15) is 4.79 Å². The SMILES string of the molecule is COC(=O)CSc1n[nH]c(-c2ccccc2Br)n1. The van der Waals surface area contributed by atoms with E-state index in [0.29, 0.717) is 11.0 Å². The topological polar surface area (TPSA) is 67.9 Å². The Hall–Kier alpha value is -1.34. The van der Waals surface area contributed by atoms with E-state index in [1.54, 1.807) is 0 Å². The minimum Gasteiger partial charge on any atom is -0.468 e. The molecule has 94 valence electrons. The summed E-state index contributed by atoms with van der Waals surface area (Å²) in [6, 6.07) is 7.71. The number of thioether (sulfide) groups is 1. The highest BCUT2D eigenvalue weighted by atomic mass is 79.9. The van der Waals surface area contributed by atoms with E-state index in [1.165, 1.54) is 18.9 Å². The highest BCUT2D eigenvalue weighted by Gasteiger charge is 2.10. The number of carbonyl (C=O) groups excluding carboxylic acids is 1. The summed E-state index contributed by atoms with van der Waals surface area (Å²) in [7, 11) is 1.35. The van der Waals surface area contributed by atoms with Crippen LogP contribution < -0.4 is 0 Å². The molecule has 7 heteroatoms. The predicted molar refractivity (Wildman–Crippen MR) is 72.3 cm³/mol. The van der Waals surface area contributed by atoms with Gasteiger partial charge in [-0.05, 0) is 6.07 Å². The second-order valence-corrected chi connectivity index (χ2v) is 5.11. The van der Waals surface area contributed by atoms with E-state index < -0.39 is 0 Å². The van der Waals surface area contributed by atoms with Gasteiger partial charge in [0.25, 0.3) is 0 Å². The number of benzene rings is 1. The van der Waals surface area contributed by atoms with Crippen LogP contribution in [0.3, 0.4) is 0 Å². The average Bonchev–Trinajstić information content (AvgIpc) is 2.85. The Balaban J connectivity index is 2.11. The first-order valence-corrected chi connectivity index (χ1v) is 6.85. The maximum atomic E-state index is 11.0. The van der Waals surface area contributed by atoms with Crippen molar-refractivity contribution in [2.45, 2.75) is 5.16 Å². The molecule has 2 aromatic rings. The fourth-order valence-corrected chi connectivity index (χ4v) is 2.37. The first kappa shape index (κ1) is 13.1. The standard InChI is InChI=1S/C11H10BrN3O2S/c1-17-9(16)6-18-11-13-10(14-15-11)7-4-2-3-5-8(7)12/h2-5H,6H2,1H3,(H,13,14,15). The number of H-pyrrole nitrogens is 1. The van der Waals surface area contributed by atoms with Gasteiger partial charge in [-0.1, -0.05) is 45.9 Å². The number of methoxy groups -OCH3 is 1. The molecule has 0 saturated carbocycles. The van der Waals surface area contributed by atoms with E-state index in [2.05, 4.69) is 35.8 Å². The van der Waals surface area contributed by atoms with Crippen molar-refractivity contribution in [3.05, 3.63) is 28.7 Å². The van der Waals surface area contributed by atoms with Crippen molar-refractivity contribution in [3.63, 3.8) is 0 Å². The summed E-state index contributed by atoms with van der Waals surface area (Å²) in [6.45, 7) is 0. The van der Waals surface area contributed by atoms with E-state index in [-0.39, 0.29) is 11.7 Å². The Kier molecular flexibility index (Phi) is 4.38. The summed E-state index contributed by atoms with van der Waals surface area (Å²) < 4.78 is 5.49. The van der Waals surface area contributed by atoms with Crippen LogP contribution in [0.5, 0.6) is 0 Å².